The average Bonchev–Trinajstić information content (AvgIpc) is 3.00. The van der Waals surface area contributed by atoms with Gasteiger partial charge in [0.25, 0.3) is 0 Å². The van der Waals surface area contributed by atoms with Gasteiger partial charge in [0.1, 0.15) is 6.10 Å². The van der Waals surface area contributed by atoms with Gasteiger partial charge >= 0.3 is 6.01 Å². The van der Waals surface area contributed by atoms with Crippen LogP contribution in [0.25, 0.3) is 0 Å². The maximum atomic E-state index is 5.76. The first kappa shape index (κ1) is 13.3. The van der Waals surface area contributed by atoms with E-state index in [1.165, 1.54) is 0 Å². The lowest BCUT2D eigenvalue weighted by atomic mass is 10.3. The molecule has 20 heavy (non-hydrogen) atoms. The highest BCUT2D eigenvalue weighted by molar-refractivity contribution is 5.38. The molecule has 1 atom stereocenters. The second-order valence-electron chi connectivity index (χ2n) is 4.69. The number of rotatable bonds is 4. The molecule has 2 saturated heterocycles. The monoisotopic (exact) mass is 281 g/mol. The molecule has 2 fully saturated rings. The molecule has 1 N–H and O–H groups in total. The molecule has 0 radical (unpaired) electrons. The second kappa shape index (κ2) is 6.19. The maximum Gasteiger partial charge on any atom is 0.323 e. The largest absolute Gasteiger partial charge is 0.457 e. The molecule has 2 aliphatic rings. The van der Waals surface area contributed by atoms with Crippen molar-refractivity contribution in [2.45, 2.75) is 12.5 Å². The van der Waals surface area contributed by atoms with Crippen molar-refractivity contribution < 1.29 is 14.2 Å². The van der Waals surface area contributed by atoms with Crippen LogP contribution in [0.5, 0.6) is 6.01 Å². The van der Waals surface area contributed by atoms with Crippen LogP contribution in [0.3, 0.4) is 0 Å². The van der Waals surface area contributed by atoms with Gasteiger partial charge in [-0.1, -0.05) is 0 Å². The fourth-order valence-electron chi connectivity index (χ4n) is 2.17. The number of ether oxygens (including phenoxy) is 3. The third kappa shape index (κ3) is 3.07. The van der Waals surface area contributed by atoms with Crippen molar-refractivity contribution in [3.05, 3.63) is 0 Å². The predicted molar refractivity (Wildman–Crippen MR) is 72.3 cm³/mol. The second-order valence-corrected chi connectivity index (χ2v) is 4.69. The minimum atomic E-state index is 0.0274. The Morgan fingerprint density at radius 2 is 2.00 bits per heavy atom. The predicted octanol–water partition coefficient (Wildman–Crippen LogP) is -0.0824. The number of hydrogen-bond donors (Lipinski definition) is 1. The van der Waals surface area contributed by atoms with Gasteiger partial charge in [-0.3, -0.25) is 0 Å². The van der Waals surface area contributed by atoms with E-state index in [-0.39, 0.29) is 6.10 Å². The number of morpholine rings is 1. The normalized spacial score (nSPS) is 22.9. The van der Waals surface area contributed by atoms with Crippen LogP contribution in [0, 0.1) is 0 Å². The lowest BCUT2D eigenvalue weighted by molar-refractivity contribution is 0.121. The highest BCUT2D eigenvalue weighted by atomic mass is 16.6. The third-order valence-electron chi connectivity index (χ3n) is 3.28. The number of hydrogen-bond acceptors (Lipinski definition) is 8. The van der Waals surface area contributed by atoms with E-state index in [1.807, 2.05) is 0 Å². The standard InChI is InChI=1S/C12H19N5O3/c1-13-10-14-11(17-3-6-18-7-4-17)16-12(15-10)20-9-2-5-19-8-9/h9H,2-8H2,1H3,(H,13,14,15,16). The topological polar surface area (TPSA) is 81.6 Å². The SMILES string of the molecule is CNc1nc(OC2CCOC2)nc(N2CCOCC2)n1. The molecule has 3 rings (SSSR count). The molecule has 0 spiro atoms. The number of aromatic nitrogens is 3. The van der Waals surface area contributed by atoms with Gasteiger partial charge in [0.2, 0.25) is 11.9 Å². The summed E-state index contributed by atoms with van der Waals surface area (Å²) >= 11 is 0. The number of anilines is 2. The highest BCUT2D eigenvalue weighted by Crippen LogP contribution is 2.18. The van der Waals surface area contributed by atoms with Crippen LogP contribution in [0.4, 0.5) is 11.9 Å². The Morgan fingerprint density at radius 3 is 2.70 bits per heavy atom. The first-order valence-electron chi connectivity index (χ1n) is 6.86. The first-order valence-corrected chi connectivity index (χ1v) is 6.86. The van der Waals surface area contributed by atoms with E-state index in [0.29, 0.717) is 37.7 Å². The molecule has 3 heterocycles. The van der Waals surface area contributed by atoms with Crippen molar-refractivity contribution in [1.29, 1.82) is 0 Å². The summed E-state index contributed by atoms with van der Waals surface area (Å²) in [5, 5.41) is 2.94. The number of nitrogens with zero attached hydrogens (tertiary/aromatic N) is 4. The van der Waals surface area contributed by atoms with E-state index in [1.54, 1.807) is 7.05 Å². The Hall–Kier alpha value is -1.67. The van der Waals surface area contributed by atoms with Gasteiger partial charge in [-0.05, 0) is 0 Å². The number of nitrogens with one attached hydrogen (secondary N) is 1. The van der Waals surface area contributed by atoms with Crippen LogP contribution < -0.4 is 15.0 Å². The zero-order valence-electron chi connectivity index (χ0n) is 11.5. The smallest absolute Gasteiger partial charge is 0.323 e. The van der Waals surface area contributed by atoms with Gasteiger partial charge in [0.05, 0.1) is 26.4 Å². The van der Waals surface area contributed by atoms with E-state index in [4.69, 9.17) is 14.2 Å². The van der Waals surface area contributed by atoms with Crippen LogP contribution in [0.1, 0.15) is 6.42 Å². The summed E-state index contributed by atoms with van der Waals surface area (Å²) in [5.41, 5.74) is 0. The van der Waals surface area contributed by atoms with Crippen molar-refractivity contribution in [2.24, 2.45) is 0 Å². The molecule has 0 aromatic carbocycles. The van der Waals surface area contributed by atoms with E-state index < -0.39 is 0 Å². The Kier molecular flexibility index (Phi) is 4.12. The van der Waals surface area contributed by atoms with Gasteiger partial charge in [-0.25, -0.2) is 0 Å². The molecule has 1 aromatic rings. The van der Waals surface area contributed by atoms with E-state index in [2.05, 4.69) is 25.2 Å². The molecule has 8 heteroatoms. The van der Waals surface area contributed by atoms with Gasteiger partial charge in [0, 0.05) is 26.6 Å². The lowest BCUT2D eigenvalue weighted by Gasteiger charge is -2.27. The van der Waals surface area contributed by atoms with Gasteiger partial charge < -0.3 is 24.4 Å². The average molecular weight is 281 g/mol. The summed E-state index contributed by atoms with van der Waals surface area (Å²) in [4.78, 5) is 15.1. The fourth-order valence-corrected chi connectivity index (χ4v) is 2.17. The van der Waals surface area contributed by atoms with Crippen LogP contribution in [0.15, 0.2) is 0 Å². The summed E-state index contributed by atoms with van der Waals surface area (Å²) in [7, 11) is 1.78. The molecule has 0 amide bonds. The van der Waals surface area contributed by atoms with E-state index in [9.17, 15) is 0 Å². The summed E-state index contributed by atoms with van der Waals surface area (Å²) in [6.07, 6.45) is 0.896. The molecule has 110 valence electrons. The van der Waals surface area contributed by atoms with E-state index in [0.717, 1.165) is 26.1 Å². The zero-order chi connectivity index (χ0) is 13.8. The van der Waals surface area contributed by atoms with Crippen molar-refractivity contribution >= 4 is 11.9 Å². The van der Waals surface area contributed by atoms with E-state index >= 15 is 0 Å². The first-order chi connectivity index (χ1) is 9.85. The molecule has 1 unspecified atom stereocenters. The highest BCUT2D eigenvalue weighted by Gasteiger charge is 2.21. The van der Waals surface area contributed by atoms with Gasteiger partial charge in [0.15, 0.2) is 0 Å². The summed E-state index contributed by atoms with van der Waals surface area (Å²) in [6.45, 7) is 4.25. The summed E-state index contributed by atoms with van der Waals surface area (Å²) in [6, 6.07) is 0.348. The Bertz CT molecular complexity index is 447. The summed E-state index contributed by atoms with van der Waals surface area (Å²) < 4.78 is 16.4. The van der Waals surface area contributed by atoms with Gasteiger partial charge in [-0.2, -0.15) is 15.0 Å². The van der Waals surface area contributed by atoms with Crippen LogP contribution in [-0.4, -0.2) is 67.6 Å². The molecular formula is C12H19N5O3. The van der Waals surface area contributed by atoms with Crippen molar-refractivity contribution in [2.75, 3.05) is 56.8 Å². The molecule has 0 saturated carbocycles. The Labute approximate surface area is 117 Å². The fraction of sp³-hybridized carbons (Fsp3) is 0.750. The quantitative estimate of drug-likeness (QED) is 0.820. The van der Waals surface area contributed by atoms with Crippen molar-refractivity contribution in [3.63, 3.8) is 0 Å². The minimum Gasteiger partial charge on any atom is -0.457 e. The minimum absolute atomic E-state index is 0.0274. The Balaban J connectivity index is 1.77. The maximum absolute atomic E-state index is 5.76. The summed E-state index contributed by atoms with van der Waals surface area (Å²) in [5.74, 6) is 1.14. The van der Waals surface area contributed by atoms with Crippen molar-refractivity contribution in [1.82, 2.24) is 15.0 Å². The van der Waals surface area contributed by atoms with Gasteiger partial charge in [-0.15, -0.1) is 0 Å². The molecule has 8 nitrogen and oxygen atoms in total. The van der Waals surface area contributed by atoms with Crippen LogP contribution in [-0.2, 0) is 9.47 Å². The molecule has 2 aliphatic heterocycles. The molecule has 0 aliphatic carbocycles. The van der Waals surface area contributed by atoms with Crippen molar-refractivity contribution in [3.8, 4) is 6.01 Å². The Morgan fingerprint density at radius 1 is 1.15 bits per heavy atom. The molecule has 1 aromatic heterocycles. The molecule has 0 bridgehead atoms. The zero-order valence-corrected chi connectivity index (χ0v) is 11.5. The lowest BCUT2D eigenvalue weighted by Crippen LogP contribution is -2.37. The van der Waals surface area contributed by atoms with Crippen LogP contribution in [0.2, 0.25) is 0 Å². The van der Waals surface area contributed by atoms with Crippen LogP contribution >= 0.6 is 0 Å². The third-order valence-corrected chi connectivity index (χ3v) is 3.28. The molecular weight excluding hydrogens is 262 g/mol.